The zero-order chi connectivity index (χ0) is 18.8. The Morgan fingerprint density at radius 3 is 1.68 bits per heavy atom. The molecule has 4 nitrogen and oxygen atoms in total. The van der Waals surface area contributed by atoms with E-state index in [1.165, 1.54) is 44.9 Å². The predicted octanol–water partition coefficient (Wildman–Crippen LogP) is 5.82. The van der Waals surface area contributed by atoms with Crippen molar-refractivity contribution in [3.05, 3.63) is 0 Å². The van der Waals surface area contributed by atoms with Crippen molar-refractivity contribution < 1.29 is 19.1 Å². The number of ether oxygens (including phenoxy) is 2. The summed E-state index contributed by atoms with van der Waals surface area (Å²) in [6.07, 6.45) is 13.4. The zero-order valence-electron chi connectivity index (χ0n) is 16.8. The molecule has 0 rings (SSSR count). The van der Waals surface area contributed by atoms with Crippen molar-refractivity contribution in [1.82, 2.24) is 0 Å². The molecule has 0 N–H and O–H groups in total. The van der Waals surface area contributed by atoms with Crippen LogP contribution in [-0.2, 0) is 19.1 Å². The van der Waals surface area contributed by atoms with Gasteiger partial charge < -0.3 is 9.47 Å². The van der Waals surface area contributed by atoms with E-state index in [0.717, 1.165) is 25.7 Å². The summed E-state index contributed by atoms with van der Waals surface area (Å²) in [7, 11) is 0. The molecule has 0 spiro atoms. The molecule has 0 fully saturated rings. The molecule has 0 saturated carbocycles. The average molecular weight is 357 g/mol. The molecule has 148 valence electrons. The first-order valence-electron chi connectivity index (χ1n) is 10.4. The molecule has 4 heteroatoms. The number of rotatable bonds is 17. The van der Waals surface area contributed by atoms with E-state index in [9.17, 15) is 9.59 Å². The van der Waals surface area contributed by atoms with Gasteiger partial charge in [-0.05, 0) is 12.3 Å². The van der Waals surface area contributed by atoms with Crippen LogP contribution in [0, 0.1) is 5.92 Å². The highest BCUT2D eigenvalue weighted by molar-refractivity contribution is 5.77. The molecule has 0 aliphatic carbocycles. The van der Waals surface area contributed by atoms with E-state index >= 15 is 0 Å². The van der Waals surface area contributed by atoms with Gasteiger partial charge in [-0.15, -0.1) is 0 Å². The van der Waals surface area contributed by atoms with Crippen LogP contribution in [0.3, 0.4) is 0 Å². The Morgan fingerprint density at radius 1 is 0.680 bits per heavy atom. The van der Waals surface area contributed by atoms with E-state index in [1.54, 1.807) is 0 Å². The van der Waals surface area contributed by atoms with Gasteiger partial charge in [0.2, 0.25) is 0 Å². The van der Waals surface area contributed by atoms with Gasteiger partial charge in [-0.2, -0.15) is 0 Å². The molecule has 0 aromatic rings. The van der Waals surface area contributed by atoms with Gasteiger partial charge in [0.25, 0.3) is 0 Å². The van der Waals surface area contributed by atoms with Crippen LogP contribution in [0.4, 0.5) is 0 Å². The SMILES string of the molecule is CCCCCCCCCCCOC(=O)CCC(=O)OCC(CC)CC. The molecule has 0 bridgehead atoms. The highest BCUT2D eigenvalue weighted by Crippen LogP contribution is 2.10. The van der Waals surface area contributed by atoms with Crippen molar-refractivity contribution in [2.75, 3.05) is 13.2 Å². The average Bonchev–Trinajstić information content (AvgIpc) is 2.62. The molecule has 0 heterocycles. The second-order valence-corrected chi connectivity index (χ2v) is 6.91. The van der Waals surface area contributed by atoms with Crippen molar-refractivity contribution in [1.29, 1.82) is 0 Å². The van der Waals surface area contributed by atoms with E-state index < -0.39 is 0 Å². The molecular weight excluding hydrogens is 316 g/mol. The van der Waals surface area contributed by atoms with E-state index in [0.29, 0.717) is 19.1 Å². The number of carbonyl (C=O) groups excluding carboxylic acids is 2. The van der Waals surface area contributed by atoms with E-state index in [2.05, 4.69) is 20.8 Å². The lowest BCUT2D eigenvalue weighted by atomic mass is 10.1. The zero-order valence-corrected chi connectivity index (χ0v) is 16.8. The first-order valence-corrected chi connectivity index (χ1v) is 10.4. The number of unbranched alkanes of at least 4 members (excludes halogenated alkanes) is 8. The number of hydrogen-bond acceptors (Lipinski definition) is 4. The van der Waals surface area contributed by atoms with Gasteiger partial charge in [0.05, 0.1) is 26.1 Å². The van der Waals surface area contributed by atoms with Crippen LogP contribution in [0.5, 0.6) is 0 Å². The fourth-order valence-electron chi connectivity index (χ4n) is 2.68. The minimum atomic E-state index is -0.299. The Morgan fingerprint density at radius 2 is 1.16 bits per heavy atom. The summed E-state index contributed by atoms with van der Waals surface area (Å²) in [6, 6.07) is 0. The summed E-state index contributed by atoms with van der Waals surface area (Å²) in [4.78, 5) is 23.2. The molecule has 0 aromatic carbocycles. The minimum absolute atomic E-state index is 0.122. The molecule has 0 unspecified atom stereocenters. The molecule has 0 saturated heterocycles. The lowest BCUT2D eigenvalue weighted by Gasteiger charge is -2.12. The fraction of sp³-hybridized carbons (Fsp3) is 0.905. The quantitative estimate of drug-likeness (QED) is 0.243. The van der Waals surface area contributed by atoms with E-state index in [1.807, 2.05) is 0 Å². The smallest absolute Gasteiger partial charge is 0.306 e. The van der Waals surface area contributed by atoms with E-state index in [4.69, 9.17) is 9.47 Å². The summed E-state index contributed by atoms with van der Waals surface area (Å²) in [5.74, 6) is -0.173. The maximum Gasteiger partial charge on any atom is 0.306 e. The van der Waals surface area contributed by atoms with Gasteiger partial charge in [0.1, 0.15) is 0 Å². The molecule has 0 atom stereocenters. The summed E-state index contributed by atoms with van der Waals surface area (Å²) >= 11 is 0. The van der Waals surface area contributed by atoms with E-state index in [-0.39, 0.29) is 24.8 Å². The topological polar surface area (TPSA) is 52.6 Å². The second kappa shape index (κ2) is 17.8. The third-order valence-corrected chi connectivity index (χ3v) is 4.68. The first-order chi connectivity index (χ1) is 12.1. The van der Waals surface area contributed by atoms with Crippen LogP contribution in [0.25, 0.3) is 0 Å². The van der Waals surface area contributed by atoms with Crippen LogP contribution in [0.1, 0.15) is 104 Å². The number of hydrogen-bond donors (Lipinski definition) is 0. The maximum absolute atomic E-state index is 11.6. The Labute approximate surface area is 155 Å². The van der Waals surface area contributed by atoms with Gasteiger partial charge in [0.15, 0.2) is 0 Å². The van der Waals surface area contributed by atoms with Crippen molar-refractivity contribution in [2.24, 2.45) is 5.92 Å². The van der Waals surface area contributed by atoms with Crippen LogP contribution in [-0.4, -0.2) is 25.2 Å². The van der Waals surface area contributed by atoms with Gasteiger partial charge in [-0.3, -0.25) is 9.59 Å². The van der Waals surface area contributed by atoms with Gasteiger partial charge in [-0.25, -0.2) is 0 Å². The van der Waals surface area contributed by atoms with Crippen LogP contribution in [0.15, 0.2) is 0 Å². The van der Waals surface area contributed by atoms with Crippen molar-refractivity contribution in [3.8, 4) is 0 Å². The predicted molar refractivity (Wildman–Crippen MR) is 102 cm³/mol. The van der Waals surface area contributed by atoms with Crippen LogP contribution in [0.2, 0.25) is 0 Å². The Hall–Kier alpha value is -1.06. The Bertz CT molecular complexity index is 324. The summed E-state index contributed by atoms with van der Waals surface area (Å²) in [5, 5.41) is 0. The molecule has 25 heavy (non-hydrogen) atoms. The second-order valence-electron chi connectivity index (χ2n) is 6.91. The largest absolute Gasteiger partial charge is 0.466 e. The number of carbonyl (C=O) groups is 2. The van der Waals surface area contributed by atoms with Gasteiger partial charge in [0, 0.05) is 0 Å². The maximum atomic E-state index is 11.6. The standard InChI is InChI=1S/C21H40O4/c1-4-7-8-9-10-11-12-13-14-17-24-20(22)15-16-21(23)25-18-19(5-2)6-3/h19H,4-18H2,1-3H3. The third-order valence-electron chi connectivity index (χ3n) is 4.68. The Kier molecular flexibility index (Phi) is 17.0. The molecular formula is C21H40O4. The first kappa shape index (κ1) is 23.9. The normalized spacial score (nSPS) is 10.9. The highest BCUT2D eigenvalue weighted by atomic mass is 16.5. The molecule has 0 aliphatic heterocycles. The third kappa shape index (κ3) is 16.2. The fourth-order valence-corrected chi connectivity index (χ4v) is 2.68. The lowest BCUT2D eigenvalue weighted by Crippen LogP contribution is -2.15. The molecule has 0 aliphatic rings. The molecule has 0 radical (unpaired) electrons. The van der Waals surface area contributed by atoms with Crippen molar-refractivity contribution in [2.45, 2.75) is 104 Å². The van der Waals surface area contributed by atoms with Gasteiger partial charge in [-0.1, -0.05) is 85.0 Å². The molecule has 0 aromatic heterocycles. The Balaban J connectivity index is 3.42. The number of esters is 2. The molecule has 0 amide bonds. The monoisotopic (exact) mass is 356 g/mol. The summed E-state index contributed by atoms with van der Waals surface area (Å²) < 4.78 is 10.4. The van der Waals surface area contributed by atoms with Crippen molar-refractivity contribution in [3.63, 3.8) is 0 Å². The lowest BCUT2D eigenvalue weighted by molar-refractivity contribution is -0.151. The highest BCUT2D eigenvalue weighted by Gasteiger charge is 2.11. The van der Waals surface area contributed by atoms with Crippen LogP contribution < -0.4 is 0 Å². The van der Waals surface area contributed by atoms with Gasteiger partial charge >= 0.3 is 11.9 Å². The van der Waals surface area contributed by atoms with Crippen LogP contribution >= 0.6 is 0 Å². The summed E-state index contributed by atoms with van der Waals surface area (Å²) in [6.45, 7) is 7.34. The summed E-state index contributed by atoms with van der Waals surface area (Å²) in [5.41, 5.74) is 0. The van der Waals surface area contributed by atoms with Crippen molar-refractivity contribution >= 4 is 11.9 Å². The minimum Gasteiger partial charge on any atom is -0.466 e.